The van der Waals surface area contributed by atoms with Gasteiger partial charge in [-0.15, -0.1) is 0 Å². The van der Waals surface area contributed by atoms with Gasteiger partial charge in [-0.2, -0.15) is 0 Å². The van der Waals surface area contributed by atoms with Gasteiger partial charge in [0.1, 0.15) is 5.75 Å². The Morgan fingerprint density at radius 3 is 2.52 bits per heavy atom. The van der Waals surface area contributed by atoms with Gasteiger partial charge in [0.2, 0.25) is 0 Å². The first-order chi connectivity index (χ1) is 9.87. The summed E-state index contributed by atoms with van der Waals surface area (Å²) in [4.78, 5) is 0. The Kier molecular flexibility index (Phi) is 3.77. The molecule has 1 heterocycles. The highest BCUT2D eigenvalue weighted by Crippen LogP contribution is 2.51. The van der Waals surface area contributed by atoms with E-state index >= 15 is 0 Å². The molecule has 0 amide bonds. The summed E-state index contributed by atoms with van der Waals surface area (Å²) >= 11 is 0. The van der Waals surface area contributed by atoms with Gasteiger partial charge >= 0.3 is 0 Å². The molecule has 2 atom stereocenters. The summed E-state index contributed by atoms with van der Waals surface area (Å²) in [7, 11) is 0. The molecule has 1 aromatic carbocycles. The Bertz CT molecular complexity index is 501. The van der Waals surface area contributed by atoms with Crippen molar-refractivity contribution in [2.24, 2.45) is 11.3 Å². The number of para-hydroxylation sites is 1. The van der Waals surface area contributed by atoms with Crippen LogP contribution in [0.15, 0.2) is 24.3 Å². The van der Waals surface area contributed by atoms with E-state index in [1.165, 1.54) is 24.8 Å². The summed E-state index contributed by atoms with van der Waals surface area (Å²) in [6, 6.07) is 8.57. The van der Waals surface area contributed by atoms with Gasteiger partial charge in [-0.05, 0) is 57.4 Å². The Morgan fingerprint density at radius 1 is 1.14 bits per heavy atom. The number of ether oxygens (including phenoxy) is 1. The van der Waals surface area contributed by atoms with Crippen LogP contribution >= 0.6 is 0 Å². The first-order valence-electron chi connectivity index (χ1n) is 8.34. The second kappa shape index (κ2) is 5.31. The predicted molar refractivity (Wildman–Crippen MR) is 87.9 cm³/mol. The molecule has 1 N–H and O–H groups in total. The number of hydrogen-bond donors (Lipinski definition) is 1. The molecule has 116 valence electrons. The summed E-state index contributed by atoms with van der Waals surface area (Å²) in [5, 5.41) is 3.74. The smallest absolute Gasteiger partial charge is 0.122 e. The van der Waals surface area contributed by atoms with Crippen LogP contribution in [0.4, 0.5) is 0 Å². The molecular weight excluding hydrogens is 258 g/mol. The van der Waals surface area contributed by atoms with Gasteiger partial charge in [0.05, 0.1) is 6.61 Å². The molecule has 2 aliphatic rings. The first kappa shape index (κ1) is 14.9. The topological polar surface area (TPSA) is 21.3 Å². The van der Waals surface area contributed by atoms with E-state index in [4.69, 9.17) is 4.74 Å². The van der Waals surface area contributed by atoms with Crippen molar-refractivity contribution < 1.29 is 4.74 Å². The van der Waals surface area contributed by atoms with Crippen molar-refractivity contribution in [2.45, 2.75) is 58.4 Å². The van der Waals surface area contributed by atoms with Crippen LogP contribution in [0.25, 0.3) is 0 Å². The van der Waals surface area contributed by atoms with Crippen LogP contribution in [0, 0.1) is 11.3 Å². The van der Waals surface area contributed by atoms with Crippen molar-refractivity contribution in [3.63, 3.8) is 0 Å². The average Bonchev–Trinajstić information content (AvgIpc) is 3.21. The Balaban J connectivity index is 1.71. The van der Waals surface area contributed by atoms with E-state index in [9.17, 15) is 0 Å². The van der Waals surface area contributed by atoms with Gasteiger partial charge in [-0.25, -0.2) is 0 Å². The molecular formula is C19H29NO. The van der Waals surface area contributed by atoms with E-state index in [-0.39, 0.29) is 5.54 Å². The van der Waals surface area contributed by atoms with Crippen molar-refractivity contribution in [1.29, 1.82) is 0 Å². The van der Waals surface area contributed by atoms with Crippen molar-refractivity contribution in [2.75, 3.05) is 13.2 Å². The number of fused-ring (bicyclic) bond motifs is 1. The molecule has 0 aromatic heterocycles. The number of hydrogen-bond acceptors (Lipinski definition) is 2. The fraction of sp³-hybridized carbons (Fsp3) is 0.684. The van der Waals surface area contributed by atoms with Crippen molar-refractivity contribution in [1.82, 2.24) is 5.32 Å². The lowest BCUT2D eigenvalue weighted by Gasteiger charge is -2.35. The SMILES string of the molecule is CC(C)(C)NCC(C)(CC1COc2ccccc21)C1CC1. The minimum absolute atomic E-state index is 0.195. The van der Waals surface area contributed by atoms with Crippen LogP contribution in [0.2, 0.25) is 0 Å². The second-order valence-corrected chi connectivity index (χ2v) is 8.28. The van der Waals surface area contributed by atoms with Crippen LogP contribution in [0.5, 0.6) is 5.75 Å². The Morgan fingerprint density at radius 2 is 1.86 bits per heavy atom. The molecule has 2 unspecified atom stereocenters. The zero-order chi connectivity index (χ0) is 15.1. The lowest BCUT2D eigenvalue weighted by molar-refractivity contribution is 0.185. The minimum Gasteiger partial charge on any atom is -0.493 e. The summed E-state index contributed by atoms with van der Waals surface area (Å²) in [6.07, 6.45) is 4.03. The van der Waals surface area contributed by atoms with Crippen molar-refractivity contribution >= 4 is 0 Å². The van der Waals surface area contributed by atoms with E-state index in [0.717, 1.165) is 24.8 Å². The third kappa shape index (κ3) is 3.42. The molecule has 0 bridgehead atoms. The van der Waals surface area contributed by atoms with Crippen LogP contribution in [0.3, 0.4) is 0 Å². The maximum Gasteiger partial charge on any atom is 0.122 e. The lowest BCUT2D eigenvalue weighted by Crippen LogP contribution is -2.44. The fourth-order valence-corrected chi connectivity index (χ4v) is 3.59. The molecule has 0 radical (unpaired) electrons. The lowest BCUT2D eigenvalue weighted by atomic mass is 9.75. The van der Waals surface area contributed by atoms with Crippen LogP contribution in [-0.2, 0) is 0 Å². The van der Waals surface area contributed by atoms with Gasteiger partial charge in [-0.1, -0.05) is 25.1 Å². The predicted octanol–water partition coefficient (Wildman–Crippen LogP) is 4.36. The molecule has 0 saturated heterocycles. The molecule has 1 aromatic rings. The van der Waals surface area contributed by atoms with E-state index in [1.54, 1.807) is 0 Å². The largest absolute Gasteiger partial charge is 0.493 e. The van der Waals surface area contributed by atoms with Crippen molar-refractivity contribution in [3.05, 3.63) is 29.8 Å². The van der Waals surface area contributed by atoms with Crippen molar-refractivity contribution in [3.8, 4) is 5.75 Å². The molecule has 1 fully saturated rings. The highest BCUT2D eigenvalue weighted by molar-refractivity contribution is 5.39. The fourth-order valence-electron chi connectivity index (χ4n) is 3.59. The second-order valence-electron chi connectivity index (χ2n) is 8.28. The molecule has 2 nitrogen and oxygen atoms in total. The summed E-state index contributed by atoms with van der Waals surface area (Å²) in [5.74, 6) is 2.55. The monoisotopic (exact) mass is 287 g/mol. The average molecular weight is 287 g/mol. The van der Waals surface area contributed by atoms with E-state index in [2.05, 4.69) is 57.3 Å². The number of nitrogens with one attached hydrogen (secondary N) is 1. The van der Waals surface area contributed by atoms with Gasteiger partial charge in [0.25, 0.3) is 0 Å². The van der Waals surface area contributed by atoms with Gasteiger partial charge in [-0.3, -0.25) is 0 Å². The third-order valence-corrected chi connectivity index (χ3v) is 5.10. The molecule has 3 rings (SSSR count). The number of benzene rings is 1. The highest BCUT2D eigenvalue weighted by Gasteiger charge is 2.44. The molecule has 1 saturated carbocycles. The standard InChI is InChI=1S/C19H29NO/c1-18(2,3)20-13-19(4,15-9-10-15)11-14-12-21-17-8-6-5-7-16(14)17/h5-8,14-15,20H,9-13H2,1-4H3. The third-order valence-electron chi connectivity index (χ3n) is 5.10. The molecule has 2 heteroatoms. The first-order valence-corrected chi connectivity index (χ1v) is 8.34. The van der Waals surface area contributed by atoms with Gasteiger partial charge in [0, 0.05) is 23.6 Å². The summed E-state index contributed by atoms with van der Waals surface area (Å²) < 4.78 is 5.88. The van der Waals surface area contributed by atoms with Crippen LogP contribution < -0.4 is 10.1 Å². The normalized spacial score (nSPS) is 24.3. The van der Waals surface area contributed by atoms with Crippen LogP contribution in [0.1, 0.15) is 58.4 Å². The zero-order valence-corrected chi connectivity index (χ0v) is 13.9. The maximum absolute atomic E-state index is 5.88. The zero-order valence-electron chi connectivity index (χ0n) is 13.9. The minimum atomic E-state index is 0.195. The van der Waals surface area contributed by atoms with E-state index < -0.39 is 0 Å². The van der Waals surface area contributed by atoms with E-state index in [1.807, 2.05) is 0 Å². The number of rotatable bonds is 5. The maximum atomic E-state index is 5.88. The Labute approximate surface area is 129 Å². The molecule has 21 heavy (non-hydrogen) atoms. The van der Waals surface area contributed by atoms with Gasteiger partial charge in [0.15, 0.2) is 0 Å². The summed E-state index contributed by atoms with van der Waals surface area (Å²) in [6.45, 7) is 11.2. The quantitative estimate of drug-likeness (QED) is 0.869. The highest BCUT2D eigenvalue weighted by atomic mass is 16.5. The van der Waals surface area contributed by atoms with Gasteiger partial charge < -0.3 is 10.1 Å². The molecule has 1 aliphatic carbocycles. The Hall–Kier alpha value is -1.02. The van der Waals surface area contributed by atoms with Crippen LogP contribution in [-0.4, -0.2) is 18.7 Å². The summed E-state index contributed by atoms with van der Waals surface area (Å²) in [5.41, 5.74) is 2.00. The van der Waals surface area contributed by atoms with E-state index in [0.29, 0.717) is 11.3 Å². The molecule has 1 aliphatic heterocycles. The molecule has 0 spiro atoms.